The summed E-state index contributed by atoms with van der Waals surface area (Å²) in [6.45, 7) is 7.16. The lowest BCUT2D eigenvalue weighted by atomic mass is 10.0. The van der Waals surface area contributed by atoms with Gasteiger partial charge in [0.05, 0.1) is 0 Å². The van der Waals surface area contributed by atoms with E-state index in [1.54, 1.807) is 0 Å². The molecular weight excluding hydrogens is 244 g/mol. The van der Waals surface area contributed by atoms with Gasteiger partial charge in [0.25, 0.3) is 0 Å². The number of nitrogens with zero attached hydrogens (tertiary/aromatic N) is 1. The van der Waals surface area contributed by atoms with E-state index in [0.29, 0.717) is 0 Å². The molecule has 110 valence electrons. The fourth-order valence-electron chi connectivity index (χ4n) is 3.25. The van der Waals surface area contributed by atoms with E-state index in [2.05, 4.69) is 41.4 Å². The quantitative estimate of drug-likeness (QED) is 0.855. The van der Waals surface area contributed by atoms with Crippen LogP contribution in [0.4, 0.5) is 0 Å². The van der Waals surface area contributed by atoms with Crippen LogP contribution in [0, 0.1) is 5.92 Å². The third-order valence-electron chi connectivity index (χ3n) is 4.87. The van der Waals surface area contributed by atoms with Crippen molar-refractivity contribution in [1.82, 2.24) is 10.2 Å². The second-order valence-electron chi connectivity index (χ2n) is 6.52. The Bertz CT molecular complexity index is 417. The molecular formula is C18H28N2. The molecule has 0 bridgehead atoms. The van der Waals surface area contributed by atoms with Crippen molar-refractivity contribution in [3.8, 4) is 0 Å². The predicted molar refractivity (Wildman–Crippen MR) is 84.8 cm³/mol. The van der Waals surface area contributed by atoms with Gasteiger partial charge < -0.3 is 5.32 Å². The van der Waals surface area contributed by atoms with Gasteiger partial charge in [-0.1, -0.05) is 31.2 Å². The molecule has 1 aliphatic carbocycles. The SMILES string of the molecule is CCc1ccccc1CN1CCC(NCC2CC2)CC1. The van der Waals surface area contributed by atoms with Crippen molar-refractivity contribution in [1.29, 1.82) is 0 Å². The molecule has 0 aromatic heterocycles. The minimum Gasteiger partial charge on any atom is -0.314 e. The van der Waals surface area contributed by atoms with Crippen molar-refractivity contribution < 1.29 is 0 Å². The maximum absolute atomic E-state index is 3.76. The molecule has 1 N–H and O–H groups in total. The summed E-state index contributed by atoms with van der Waals surface area (Å²) in [4.78, 5) is 2.63. The Morgan fingerprint density at radius 3 is 2.40 bits per heavy atom. The summed E-state index contributed by atoms with van der Waals surface area (Å²) in [5.41, 5.74) is 3.04. The van der Waals surface area contributed by atoms with Crippen LogP contribution in [0.15, 0.2) is 24.3 Å². The normalized spacial score (nSPS) is 21.2. The average Bonchev–Trinajstić information content (AvgIpc) is 3.31. The Balaban J connectivity index is 1.45. The van der Waals surface area contributed by atoms with Gasteiger partial charge >= 0.3 is 0 Å². The second-order valence-corrected chi connectivity index (χ2v) is 6.52. The number of aryl methyl sites for hydroxylation is 1. The summed E-state index contributed by atoms with van der Waals surface area (Å²) in [6.07, 6.45) is 6.71. The molecule has 0 atom stereocenters. The van der Waals surface area contributed by atoms with E-state index >= 15 is 0 Å². The molecule has 1 aromatic carbocycles. The van der Waals surface area contributed by atoms with Gasteiger partial charge in [-0.15, -0.1) is 0 Å². The molecule has 2 heteroatoms. The third kappa shape index (κ3) is 3.83. The molecule has 3 rings (SSSR count). The van der Waals surface area contributed by atoms with Gasteiger partial charge in [-0.3, -0.25) is 4.90 Å². The van der Waals surface area contributed by atoms with Gasteiger partial charge in [0.1, 0.15) is 0 Å². The summed E-state index contributed by atoms with van der Waals surface area (Å²) >= 11 is 0. The smallest absolute Gasteiger partial charge is 0.0236 e. The van der Waals surface area contributed by atoms with Crippen LogP contribution >= 0.6 is 0 Å². The first-order valence-electron chi connectivity index (χ1n) is 8.37. The first-order valence-corrected chi connectivity index (χ1v) is 8.37. The maximum atomic E-state index is 3.76. The third-order valence-corrected chi connectivity index (χ3v) is 4.87. The van der Waals surface area contributed by atoms with Crippen molar-refractivity contribution in [3.63, 3.8) is 0 Å². The molecule has 1 aromatic rings. The van der Waals surface area contributed by atoms with Gasteiger partial charge in [-0.05, 0) is 68.8 Å². The van der Waals surface area contributed by atoms with Gasteiger partial charge in [-0.2, -0.15) is 0 Å². The topological polar surface area (TPSA) is 15.3 Å². The predicted octanol–water partition coefficient (Wildman–Crippen LogP) is 3.21. The number of hydrogen-bond acceptors (Lipinski definition) is 2. The molecule has 20 heavy (non-hydrogen) atoms. The lowest BCUT2D eigenvalue weighted by Crippen LogP contribution is -2.42. The molecule has 0 unspecified atom stereocenters. The molecule has 1 aliphatic heterocycles. The van der Waals surface area contributed by atoms with Crippen LogP contribution in [-0.4, -0.2) is 30.6 Å². The summed E-state index contributed by atoms with van der Waals surface area (Å²) in [5, 5.41) is 3.76. The Hall–Kier alpha value is -0.860. The summed E-state index contributed by atoms with van der Waals surface area (Å²) < 4.78 is 0. The molecule has 2 nitrogen and oxygen atoms in total. The number of benzene rings is 1. The number of likely N-dealkylation sites (tertiary alicyclic amines) is 1. The molecule has 1 saturated carbocycles. The van der Waals surface area contributed by atoms with Gasteiger partial charge in [0.2, 0.25) is 0 Å². The van der Waals surface area contributed by atoms with E-state index in [1.807, 2.05) is 0 Å². The van der Waals surface area contributed by atoms with Crippen LogP contribution in [0.5, 0.6) is 0 Å². The first-order chi connectivity index (χ1) is 9.85. The van der Waals surface area contributed by atoms with Crippen molar-refractivity contribution in [2.24, 2.45) is 5.92 Å². The summed E-state index contributed by atoms with van der Waals surface area (Å²) in [6, 6.07) is 9.69. The zero-order chi connectivity index (χ0) is 13.8. The van der Waals surface area contributed by atoms with E-state index in [1.165, 1.54) is 56.4 Å². The number of piperidine rings is 1. The van der Waals surface area contributed by atoms with E-state index in [9.17, 15) is 0 Å². The highest BCUT2D eigenvalue weighted by molar-refractivity contribution is 5.26. The number of nitrogens with one attached hydrogen (secondary N) is 1. The Kier molecular flexibility index (Phi) is 4.74. The zero-order valence-corrected chi connectivity index (χ0v) is 12.8. The minimum absolute atomic E-state index is 0.772. The van der Waals surface area contributed by atoms with Crippen LogP contribution in [-0.2, 0) is 13.0 Å². The van der Waals surface area contributed by atoms with E-state index in [-0.39, 0.29) is 0 Å². The Morgan fingerprint density at radius 2 is 1.75 bits per heavy atom. The Labute approximate surface area is 123 Å². The van der Waals surface area contributed by atoms with Crippen LogP contribution in [0.2, 0.25) is 0 Å². The summed E-state index contributed by atoms with van der Waals surface area (Å²) in [7, 11) is 0. The van der Waals surface area contributed by atoms with Gasteiger partial charge in [-0.25, -0.2) is 0 Å². The van der Waals surface area contributed by atoms with E-state index in [0.717, 1.165) is 24.9 Å². The van der Waals surface area contributed by atoms with Crippen LogP contribution in [0.25, 0.3) is 0 Å². The van der Waals surface area contributed by atoms with E-state index in [4.69, 9.17) is 0 Å². The molecule has 1 heterocycles. The highest BCUT2D eigenvalue weighted by atomic mass is 15.1. The fraction of sp³-hybridized carbons (Fsp3) is 0.667. The van der Waals surface area contributed by atoms with Crippen molar-refractivity contribution >= 4 is 0 Å². The summed E-state index contributed by atoms with van der Waals surface area (Å²) in [5.74, 6) is 1.00. The van der Waals surface area contributed by atoms with Gasteiger partial charge in [0, 0.05) is 12.6 Å². The second kappa shape index (κ2) is 6.73. The van der Waals surface area contributed by atoms with Crippen molar-refractivity contribution in [2.75, 3.05) is 19.6 Å². The largest absolute Gasteiger partial charge is 0.314 e. The molecule has 0 spiro atoms. The fourth-order valence-corrected chi connectivity index (χ4v) is 3.25. The average molecular weight is 272 g/mol. The highest BCUT2D eigenvalue weighted by Crippen LogP contribution is 2.28. The first kappa shape index (κ1) is 14.1. The maximum Gasteiger partial charge on any atom is 0.0236 e. The van der Waals surface area contributed by atoms with E-state index < -0.39 is 0 Å². The standard InChI is InChI=1S/C18H28N2/c1-2-16-5-3-4-6-17(16)14-20-11-9-18(10-12-20)19-13-15-7-8-15/h3-6,15,18-19H,2,7-14H2,1H3. The monoisotopic (exact) mass is 272 g/mol. The number of hydrogen-bond donors (Lipinski definition) is 1. The molecule has 1 saturated heterocycles. The molecule has 0 radical (unpaired) electrons. The van der Waals surface area contributed by atoms with Gasteiger partial charge in [0.15, 0.2) is 0 Å². The number of rotatable bonds is 6. The van der Waals surface area contributed by atoms with Crippen molar-refractivity contribution in [3.05, 3.63) is 35.4 Å². The van der Waals surface area contributed by atoms with Crippen LogP contribution < -0.4 is 5.32 Å². The minimum atomic E-state index is 0.772. The van der Waals surface area contributed by atoms with Crippen LogP contribution in [0.1, 0.15) is 43.7 Å². The molecule has 2 fully saturated rings. The molecule has 2 aliphatic rings. The lowest BCUT2D eigenvalue weighted by Gasteiger charge is -2.33. The van der Waals surface area contributed by atoms with Crippen molar-refractivity contribution in [2.45, 2.75) is 51.6 Å². The highest BCUT2D eigenvalue weighted by Gasteiger charge is 2.24. The Morgan fingerprint density at radius 1 is 1.05 bits per heavy atom. The molecule has 0 amide bonds. The lowest BCUT2D eigenvalue weighted by molar-refractivity contribution is 0.190. The zero-order valence-electron chi connectivity index (χ0n) is 12.8. The van der Waals surface area contributed by atoms with Crippen LogP contribution in [0.3, 0.4) is 0 Å².